The smallest absolute Gasteiger partial charge is 0.191 e. The number of halogens is 2. The van der Waals surface area contributed by atoms with Gasteiger partial charge >= 0.3 is 0 Å². The van der Waals surface area contributed by atoms with Crippen molar-refractivity contribution in [2.75, 3.05) is 23.9 Å². The van der Waals surface area contributed by atoms with Crippen molar-refractivity contribution in [2.45, 2.75) is 93.8 Å². The first kappa shape index (κ1) is 31.4. The third-order valence-electron chi connectivity index (χ3n) is 8.84. The predicted molar refractivity (Wildman–Crippen MR) is 169 cm³/mol. The van der Waals surface area contributed by atoms with Crippen LogP contribution >= 0.6 is 11.8 Å². The Morgan fingerprint density at radius 3 is 2.63 bits per heavy atom. The molecule has 3 fully saturated rings. The molecule has 4 aromatic rings. The summed E-state index contributed by atoms with van der Waals surface area (Å²) in [6.07, 6.45) is 1.27. The van der Waals surface area contributed by atoms with Gasteiger partial charge in [-0.3, -0.25) is 0 Å². The maximum absolute atomic E-state index is 14.3. The minimum absolute atomic E-state index is 0.00286. The van der Waals surface area contributed by atoms with Gasteiger partial charge < -0.3 is 24.2 Å². The second-order valence-electron chi connectivity index (χ2n) is 12.6. The second kappa shape index (κ2) is 12.8. The number of aliphatic hydroxyl groups is 1. The normalized spacial score (nSPS) is 26.5. The third-order valence-corrected chi connectivity index (χ3v) is 9.89. The molecule has 46 heavy (non-hydrogen) atoms. The Balaban J connectivity index is 1.30. The lowest BCUT2D eigenvalue weighted by atomic mass is 10.1. The van der Waals surface area contributed by atoms with Gasteiger partial charge in [0.05, 0.1) is 25.4 Å². The summed E-state index contributed by atoms with van der Waals surface area (Å²) >= 11 is 1.57. The lowest BCUT2D eigenvalue weighted by Crippen LogP contribution is -2.31. The number of aromatic nitrogens is 5. The van der Waals surface area contributed by atoms with Crippen molar-refractivity contribution < 1.29 is 28.1 Å². The van der Waals surface area contributed by atoms with E-state index in [2.05, 4.69) is 34.3 Å². The van der Waals surface area contributed by atoms with E-state index in [0.717, 1.165) is 29.7 Å². The summed E-state index contributed by atoms with van der Waals surface area (Å²) in [5.74, 6) is -1.02. The Morgan fingerprint density at radius 1 is 1.07 bits per heavy atom. The summed E-state index contributed by atoms with van der Waals surface area (Å²) in [5, 5.41) is 19.4. The highest BCUT2D eigenvalue weighted by atomic mass is 32.2. The Bertz CT molecular complexity index is 1690. The zero-order valence-corrected chi connectivity index (χ0v) is 26.9. The molecule has 2 aromatic heterocycles. The quantitative estimate of drug-likeness (QED) is 0.158. The molecule has 2 aliphatic carbocycles. The largest absolute Gasteiger partial charge is 0.394 e. The number of benzene rings is 2. The first-order chi connectivity index (χ1) is 22.3. The number of anilines is 1. The fourth-order valence-electron chi connectivity index (χ4n) is 6.75. The van der Waals surface area contributed by atoms with E-state index in [-0.39, 0.29) is 49.5 Å². The van der Waals surface area contributed by atoms with Gasteiger partial charge in [0, 0.05) is 30.7 Å². The number of thioether (sulfide) groups is 1. The van der Waals surface area contributed by atoms with Crippen LogP contribution in [0, 0.1) is 11.6 Å². The third kappa shape index (κ3) is 6.11. The van der Waals surface area contributed by atoms with E-state index in [1.807, 2.05) is 36.7 Å². The fourth-order valence-corrected chi connectivity index (χ4v) is 7.44. The van der Waals surface area contributed by atoms with E-state index in [9.17, 15) is 13.9 Å². The van der Waals surface area contributed by atoms with Gasteiger partial charge in [-0.1, -0.05) is 60.3 Å². The maximum Gasteiger partial charge on any atom is 0.191 e. The van der Waals surface area contributed by atoms with E-state index in [1.165, 1.54) is 12.1 Å². The molecule has 3 unspecified atom stereocenters. The number of fused-ring (bicyclic) bond motifs is 2. The van der Waals surface area contributed by atoms with Crippen LogP contribution in [0.5, 0.6) is 0 Å². The van der Waals surface area contributed by atoms with Gasteiger partial charge in [-0.15, -0.1) is 5.10 Å². The lowest BCUT2D eigenvalue weighted by Gasteiger charge is -2.25. The Labute approximate surface area is 270 Å². The Morgan fingerprint density at radius 2 is 1.87 bits per heavy atom. The number of ether oxygens (including phenoxy) is 3. The maximum atomic E-state index is 14.3. The number of aliphatic hydroxyl groups excluding tert-OH is 1. The van der Waals surface area contributed by atoms with Crippen LogP contribution in [0.25, 0.3) is 11.2 Å². The molecule has 6 atom stereocenters. The van der Waals surface area contributed by atoms with Gasteiger partial charge in [0.1, 0.15) is 12.2 Å². The summed E-state index contributed by atoms with van der Waals surface area (Å²) in [5.41, 5.74) is 2.98. The average Bonchev–Trinajstić information content (AvgIpc) is 3.47. The van der Waals surface area contributed by atoms with Crippen LogP contribution < -0.4 is 4.90 Å². The first-order valence-electron chi connectivity index (χ1n) is 15.9. The van der Waals surface area contributed by atoms with E-state index in [4.69, 9.17) is 24.2 Å². The number of hydrogen-bond donors (Lipinski definition) is 1. The van der Waals surface area contributed by atoms with E-state index in [0.29, 0.717) is 35.1 Å². The molecule has 1 aliphatic heterocycles. The minimum Gasteiger partial charge on any atom is -0.394 e. The average molecular weight is 653 g/mol. The molecule has 3 heterocycles. The van der Waals surface area contributed by atoms with Gasteiger partial charge in [0.2, 0.25) is 0 Å². The van der Waals surface area contributed by atoms with Crippen molar-refractivity contribution in [3.8, 4) is 0 Å². The van der Waals surface area contributed by atoms with Crippen LogP contribution in [-0.4, -0.2) is 79.2 Å². The molecule has 13 heteroatoms. The van der Waals surface area contributed by atoms with Crippen LogP contribution in [0.1, 0.15) is 63.1 Å². The highest BCUT2D eigenvalue weighted by Gasteiger charge is 2.56. The summed E-state index contributed by atoms with van der Waals surface area (Å²) in [4.78, 5) is 12.2. The van der Waals surface area contributed by atoms with Crippen molar-refractivity contribution in [3.63, 3.8) is 0 Å². The SMILES string of the molecule is CCCSc1nc(N(Cc2ccccc2)C2C[C@H]2c2ccc(F)c(F)c2)c2nnn([C@@H]3C[C@H](OCCO)C4OC(C)(C)OC43)c2n1. The summed E-state index contributed by atoms with van der Waals surface area (Å²) in [6, 6.07) is 14.0. The topological polar surface area (TPSA) is 108 Å². The molecule has 0 spiro atoms. The molecular weight excluding hydrogens is 614 g/mol. The minimum atomic E-state index is -0.855. The number of rotatable bonds is 12. The lowest BCUT2D eigenvalue weighted by molar-refractivity contribution is -0.171. The Kier molecular flexibility index (Phi) is 8.70. The molecule has 2 saturated carbocycles. The van der Waals surface area contributed by atoms with Crippen molar-refractivity contribution in [1.82, 2.24) is 25.0 Å². The van der Waals surface area contributed by atoms with Crippen molar-refractivity contribution in [2.24, 2.45) is 0 Å². The van der Waals surface area contributed by atoms with Gasteiger partial charge in [-0.05, 0) is 49.9 Å². The van der Waals surface area contributed by atoms with Gasteiger partial charge in [-0.2, -0.15) is 0 Å². The van der Waals surface area contributed by atoms with Crippen LogP contribution in [-0.2, 0) is 20.8 Å². The first-order valence-corrected chi connectivity index (χ1v) is 16.8. The molecule has 1 N–H and O–H groups in total. The predicted octanol–water partition coefficient (Wildman–Crippen LogP) is 5.41. The second-order valence-corrected chi connectivity index (χ2v) is 13.6. The van der Waals surface area contributed by atoms with Crippen LogP contribution in [0.3, 0.4) is 0 Å². The summed E-state index contributed by atoms with van der Waals surface area (Å²) < 4.78 is 48.5. The molecule has 244 valence electrons. The van der Waals surface area contributed by atoms with Gasteiger partial charge in [-0.25, -0.2) is 23.4 Å². The van der Waals surface area contributed by atoms with Crippen molar-refractivity contribution >= 4 is 28.7 Å². The molecule has 0 radical (unpaired) electrons. The highest BCUT2D eigenvalue weighted by molar-refractivity contribution is 7.99. The Hall–Kier alpha value is -3.23. The number of hydrogen-bond acceptors (Lipinski definition) is 10. The van der Waals surface area contributed by atoms with E-state index < -0.39 is 17.4 Å². The number of nitrogens with zero attached hydrogens (tertiary/aromatic N) is 6. The van der Waals surface area contributed by atoms with Gasteiger partial charge in [0.25, 0.3) is 0 Å². The van der Waals surface area contributed by atoms with E-state index in [1.54, 1.807) is 17.8 Å². The molecule has 7 rings (SSSR count). The van der Waals surface area contributed by atoms with Gasteiger partial charge in [0.15, 0.2) is 39.6 Å². The van der Waals surface area contributed by atoms with Crippen molar-refractivity contribution in [3.05, 3.63) is 71.3 Å². The highest BCUT2D eigenvalue weighted by Crippen LogP contribution is 2.49. The summed E-state index contributed by atoms with van der Waals surface area (Å²) in [6.45, 7) is 6.52. The molecule has 0 amide bonds. The fraction of sp³-hybridized carbons (Fsp3) is 0.515. The molecule has 10 nitrogen and oxygen atoms in total. The zero-order valence-electron chi connectivity index (χ0n) is 26.1. The standard InChI is InChI=1S/C33H38F2N6O4S/c1-4-14-46-32-36-30(40(18-19-8-6-5-7-9-19)24-16-21(24)20-10-11-22(34)23(35)15-20)27-31(37-32)41(39-38-27)25-17-26(43-13-12-42)29-28(25)44-33(2,3)45-29/h5-11,15,21,24-26,28-29,42H,4,12-14,16-18H2,1-3H3/t21-,24?,25+,26-,28?,29?/m0/s1. The molecule has 2 aromatic carbocycles. The molecule has 1 saturated heterocycles. The molecule has 3 aliphatic rings. The van der Waals surface area contributed by atoms with E-state index >= 15 is 0 Å². The molecule has 0 bridgehead atoms. The zero-order chi connectivity index (χ0) is 32.0. The van der Waals surface area contributed by atoms with Crippen molar-refractivity contribution in [1.29, 1.82) is 0 Å². The van der Waals surface area contributed by atoms with Crippen LogP contribution in [0.4, 0.5) is 14.6 Å². The monoisotopic (exact) mass is 652 g/mol. The van der Waals surface area contributed by atoms with Crippen LogP contribution in [0.15, 0.2) is 53.7 Å². The van der Waals surface area contributed by atoms with Crippen LogP contribution in [0.2, 0.25) is 0 Å². The summed E-state index contributed by atoms with van der Waals surface area (Å²) in [7, 11) is 0. The molecular formula is C33H38F2N6O4S.